The van der Waals surface area contributed by atoms with Gasteiger partial charge in [0.1, 0.15) is 5.75 Å². The smallest absolute Gasteiger partial charge is 0.267 e. The van der Waals surface area contributed by atoms with Crippen molar-refractivity contribution in [3.05, 3.63) is 76.4 Å². The van der Waals surface area contributed by atoms with E-state index in [-0.39, 0.29) is 0 Å². The number of likely N-dealkylation sites (tertiary alicyclic amines) is 1. The van der Waals surface area contributed by atoms with Gasteiger partial charge in [-0.25, -0.2) is 5.48 Å². The van der Waals surface area contributed by atoms with Crippen LogP contribution in [0.15, 0.2) is 54.1 Å². The van der Waals surface area contributed by atoms with Crippen LogP contribution in [0.5, 0.6) is 5.75 Å². The molecule has 2 aliphatic rings. The van der Waals surface area contributed by atoms with Gasteiger partial charge in [0.2, 0.25) is 0 Å². The number of ether oxygens (including phenoxy) is 1. The molecule has 4 rings (SSSR count). The zero-order valence-corrected chi connectivity index (χ0v) is 18.2. The zero-order valence-electron chi connectivity index (χ0n) is 18.2. The van der Waals surface area contributed by atoms with Crippen LogP contribution >= 0.6 is 0 Å². The molecule has 1 unspecified atom stereocenters. The Balaban J connectivity index is 1.43. The first-order valence-corrected chi connectivity index (χ1v) is 10.9. The molecule has 162 valence electrons. The van der Waals surface area contributed by atoms with Crippen LogP contribution in [0, 0.1) is 0 Å². The summed E-state index contributed by atoms with van der Waals surface area (Å²) in [6.45, 7) is 4.43. The molecule has 0 aromatic heterocycles. The van der Waals surface area contributed by atoms with E-state index >= 15 is 0 Å². The molecule has 1 amide bonds. The molecule has 1 atom stereocenters. The molecule has 2 N–H and O–H groups in total. The van der Waals surface area contributed by atoms with E-state index in [1.165, 1.54) is 46.8 Å². The van der Waals surface area contributed by atoms with Gasteiger partial charge in [0.15, 0.2) is 0 Å². The fourth-order valence-corrected chi connectivity index (χ4v) is 4.85. The van der Waals surface area contributed by atoms with Gasteiger partial charge in [0.05, 0.1) is 7.11 Å². The van der Waals surface area contributed by atoms with Gasteiger partial charge in [-0.2, -0.15) is 0 Å². The summed E-state index contributed by atoms with van der Waals surface area (Å²) in [6.07, 6.45) is 7.50. The summed E-state index contributed by atoms with van der Waals surface area (Å²) in [5, 5.41) is 8.59. The lowest BCUT2D eigenvalue weighted by Gasteiger charge is -2.25. The zero-order chi connectivity index (χ0) is 21.8. The van der Waals surface area contributed by atoms with Crippen molar-refractivity contribution < 1.29 is 14.7 Å². The van der Waals surface area contributed by atoms with E-state index in [0.29, 0.717) is 6.04 Å². The van der Waals surface area contributed by atoms with E-state index in [0.717, 1.165) is 37.2 Å². The fraction of sp³-hybridized carbons (Fsp3) is 0.346. The number of fused-ring (bicyclic) bond motifs is 1. The number of methoxy groups -OCH3 is 1. The molecule has 0 radical (unpaired) electrons. The Bertz CT molecular complexity index is 1010. The minimum absolute atomic E-state index is 0.436. The van der Waals surface area contributed by atoms with E-state index in [1.807, 2.05) is 12.1 Å². The molecule has 1 aliphatic carbocycles. The predicted octanol–water partition coefficient (Wildman–Crippen LogP) is 4.77. The van der Waals surface area contributed by atoms with Crippen LogP contribution in [-0.4, -0.2) is 36.2 Å². The van der Waals surface area contributed by atoms with Crippen LogP contribution in [-0.2, 0) is 11.2 Å². The summed E-state index contributed by atoms with van der Waals surface area (Å²) >= 11 is 0. The van der Waals surface area contributed by atoms with Crippen molar-refractivity contribution >= 4 is 17.6 Å². The number of nitrogens with one attached hydrogen (secondary N) is 1. The number of rotatable bonds is 7. The minimum Gasteiger partial charge on any atom is -0.497 e. The number of amides is 1. The molecular formula is C26H30N2O3. The topological polar surface area (TPSA) is 61.8 Å². The molecule has 1 fully saturated rings. The molecule has 5 nitrogen and oxygen atoms in total. The van der Waals surface area contributed by atoms with Gasteiger partial charge in [-0.3, -0.25) is 14.9 Å². The lowest BCUT2D eigenvalue weighted by molar-refractivity contribution is -0.124. The maximum Gasteiger partial charge on any atom is 0.267 e. The molecular weight excluding hydrogens is 388 g/mol. The molecule has 0 bridgehead atoms. The molecule has 2 aromatic carbocycles. The Hall–Kier alpha value is -2.89. The Labute approximate surface area is 184 Å². The number of allylic oxidation sites excluding steroid dienone is 1. The lowest BCUT2D eigenvalue weighted by Crippen LogP contribution is -2.24. The van der Waals surface area contributed by atoms with Crippen LogP contribution in [0.25, 0.3) is 11.6 Å². The predicted molar refractivity (Wildman–Crippen MR) is 123 cm³/mol. The van der Waals surface area contributed by atoms with Crippen molar-refractivity contribution in [2.75, 3.05) is 20.2 Å². The van der Waals surface area contributed by atoms with Crippen LogP contribution in [0.4, 0.5) is 0 Å². The second-order valence-electron chi connectivity index (χ2n) is 8.38. The van der Waals surface area contributed by atoms with Crippen molar-refractivity contribution in [2.45, 2.75) is 38.6 Å². The standard InChI is InChI=1S/C26H30N2O3/c1-18-16-21-10-11-22(31-2)17-24(21)23(18)13-15-28-14-3-4-25(28)20-8-5-19(6-9-20)7-12-26(29)27-30/h5-12,17,25,30H,3-4,13-16H2,1-2H3,(H,27,29)/b12-7+. The lowest BCUT2D eigenvalue weighted by atomic mass is 10.00. The maximum absolute atomic E-state index is 11.2. The van der Waals surface area contributed by atoms with Crippen molar-refractivity contribution in [3.8, 4) is 5.75 Å². The first-order chi connectivity index (χ1) is 15.1. The Kier molecular flexibility index (Phi) is 6.54. The van der Waals surface area contributed by atoms with Gasteiger partial charge in [-0.15, -0.1) is 0 Å². The molecule has 1 saturated heterocycles. The summed E-state index contributed by atoms with van der Waals surface area (Å²) in [5.41, 5.74) is 9.58. The average molecular weight is 419 g/mol. The highest BCUT2D eigenvalue weighted by Gasteiger charge is 2.27. The van der Waals surface area contributed by atoms with Crippen molar-refractivity contribution in [1.29, 1.82) is 0 Å². The van der Waals surface area contributed by atoms with Crippen LogP contribution in [0.1, 0.15) is 54.5 Å². The van der Waals surface area contributed by atoms with E-state index in [9.17, 15) is 4.79 Å². The quantitative estimate of drug-likeness (QED) is 0.386. The normalized spacial score (nSPS) is 18.6. The molecule has 0 spiro atoms. The van der Waals surface area contributed by atoms with Crippen molar-refractivity contribution in [1.82, 2.24) is 10.4 Å². The van der Waals surface area contributed by atoms with E-state index in [2.05, 4.69) is 42.2 Å². The van der Waals surface area contributed by atoms with Gasteiger partial charge in [0, 0.05) is 18.7 Å². The molecule has 1 aliphatic heterocycles. The molecule has 1 heterocycles. The summed E-state index contributed by atoms with van der Waals surface area (Å²) in [4.78, 5) is 13.8. The summed E-state index contributed by atoms with van der Waals surface area (Å²) in [6, 6.07) is 15.2. The third-order valence-corrected chi connectivity index (χ3v) is 6.48. The summed E-state index contributed by atoms with van der Waals surface area (Å²) in [5.74, 6) is 0.400. The molecule has 2 aromatic rings. The monoisotopic (exact) mass is 418 g/mol. The molecule has 0 saturated carbocycles. The highest BCUT2D eigenvalue weighted by Crippen LogP contribution is 2.39. The highest BCUT2D eigenvalue weighted by atomic mass is 16.5. The Morgan fingerprint density at radius 1 is 1.26 bits per heavy atom. The largest absolute Gasteiger partial charge is 0.497 e. The number of benzene rings is 2. The van der Waals surface area contributed by atoms with Gasteiger partial charge in [-0.1, -0.05) is 35.9 Å². The summed E-state index contributed by atoms with van der Waals surface area (Å²) in [7, 11) is 1.73. The van der Waals surface area contributed by atoms with Gasteiger partial charge in [0.25, 0.3) is 5.91 Å². The minimum atomic E-state index is -0.526. The number of nitrogens with zero attached hydrogens (tertiary/aromatic N) is 1. The van der Waals surface area contributed by atoms with Gasteiger partial charge >= 0.3 is 0 Å². The van der Waals surface area contributed by atoms with Gasteiger partial charge in [-0.05, 0) is 85.2 Å². The molecule has 5 heteroatoms. The SMILES string of the molecule is COc1ccc2c(c1)C(CCN1CCCC1c1ccc(/C=C/C(=O)NO)cc1)=C(C)C2. The Morgan fingerprint density at radius 3 is 2.81 bits per heavy atom. The van der Waals surface area contributed by atoms with E-state index < -0.39 is 5.91 Å². The van der Waals surface area contributed by atoms with Crippen LogP contribution in [0.3, 0.4) is 0 Å². The summed E-state index contributed by atoms with van der Waals surface area (Å²) < 4.78 is 5.45. The number of hydrogen-bond acceptors (Lipinski definition) is 4. The van der Waals surface area contributed by atoms with Crippen LogP contribution < -0.4 is 10.2 Å². The third-order valence-electron chi connectivity index (χ3n) is 6.48. The number of hydroxylamine groups is 1. The second kappa shape index (κ2) is 9.50. The van der Waals surface area contributed by atoms with Crippen LogP contribution in [0.2, 0.25) is 0 Å². The number of carbonyl (C=O) groups excluding carboxylic acids is 1. The third kappa shape index (κ3) is 4.73. The average Bonchev–Trinajstić information content (AvgIpc) is 3.39. The first-order valence-electron chi connectivity index (χ1n) is 10.9. The van der Waals surface area contributed by atoms with Crippen molar-refractivity contribution in [3.63, 3.8) is 0 Å². The second-order valence-corrected chi connectivity index (χ2v) is 8.38. The van der Waals surface area contributed by atoms with Crippen molar-refractivity contribution in [2.24, 2.45) is 0 Å². The number of carbonyl (C=O) groups is 1. The first kappa shape index (κ1) is 21.3. The van der Waals surface area contributed by atoms with E-state index in [4.69, 9.17) is 9.94 Å². The number of hydrogen-bond donors (Lipinski definition) is 2. The maximum atomic E-state index is 11.2. The molecule has 31 heavy (non-hydrogen) atoms. The Morgan fingerprint density at radius 2 is 2.06 bits per heavy atom. The van der Waals surface area contributed by atoms with Gasteiger partial charge < -0.3 is 4.74 Å². The fourth-order valence-electron chi connectivity index (χ4n) is 4.85. The van der Waals surface area contributed by atoms with E-state index in [1.54, 1.807) is 18.7 Å². The highest BCUT2D eigenvalue weighted by molar-refractivity contribution is 5.90.